The second-order valence-electron chi connectivity index (χ2n) is 10.5. The Morgan fingerprint density at radius 1 is 1.20 bits per heavy atom. The number of rotatable bonds is 9. The summed E-state index contributed by atoms with van der Waals surface area (Å²) in [5, 5.41) is 11.2. The molecule has 186 valence electrons. The molecule has 4 fully saturated rings. The Kier molecular flexibility index (Phi) is 6.07. The fourth-order valence-electron chi connectivity index (χ4n) is 5.02. The molecule has 0 radical (unpaired) electrons. The third-order valence-electron chi connectivity index (χ3n) is 7.56. The van der Waals surface area contributed by atoms with Gasteiger partial charge in [-0.15, -0.1) is 0 Å². The van der Waals surface area contributed by atoms with Gasteiger partial charge in [0.25, 0.3) is 11.8 Å². The minimum absolute atomic E-state index is 0.00564. The Hall–Kier alpha value is -2.94. The molecule has 4 aliphatic rings. The Morgan fingerprint density at radius 2 is 1.94 bits per heavy atom. The van der Waals surface area contributed by atoms with Crippen LogP contribution in [0, 0.1) is 17.3 Å². The lowest BCUT2D eigenvalue weighted by Gasteiger charge is -2.21. The van der Waals surface area contributed by atoms with E-state index in [9.17, 15) is 24.0 Å². The standard InChI is InChI=1S/C25H29ClN4O5/c1-12-8-13(21(32)27-12)9-19(20(31)24(35)28-15-3-4-15)30-22(33)16-10-14(26)2-5-18(16)29-23(34)17-11-25(17)6-7-25/h2,5,10,12-13,15,17,19H,3-4,6-9,11H2,1H3,(H,27,32)(H,28,35)(H,29,34)(H,30,33)/t12-,13+,17?,19+/m1/s1. The first-order valence-electron chi connectivity index (χ1n) is 12.2. The van der Waals surface area contributed by atoms with Crippen LogP contribution in [0.3, 0.4) is 0 Å². The first kappa shape index (κ1) is 23.8. The average molecular weight is 501 g/mol. The van der Waals surface area contributed by atoms with Crippen LogP contribution in [0.15, 0.2) is 18.2 Å². The maximum atomic E-state index is 13.3. The molecule has 3 saturated carbocycles. The second-order valence-corrected chi connectivity index (χ2v) is 11.0. The number of halogens is 1. The van der Waals surface area contributed by atoms with Crippen molar-refractivity contribution in [3.8, 4) is 0 Å². The van der Waals surface area contributed by atoms with Crippen molar-refractivity contribution >= 4 is 46.7 Å². The van der Waals surface area contributed by atoms with Gasteiger partial charge in [-0.25, -0.2) is 0 Å². The molecule has 4 atom stereocenters. The van der Waals surface area contributed by atoms with E-state index in [0.717, 1.165) is 32.1 Å². The highest BCUT2D eigenvalue weighted by Gasteiger charge is 2.65. The summed E-state index contributed by atoms with van der Waals surface area (Å²) < 4.78 is 0. The van der Waals surface area contributed by atoms with Gasteiger partial charge in [-0.05, 0) is 75.5 Å². The van der Waals surface area contributed by atoms with Crippen molar-refractivity contribution in [3.05, 3.63) is 28.8 Å². The number of hydrogen-bond donors (Lipinski definition) is 4. The van der Waals surface area contributed by atoms with Crippen molar-refractivity contribution < 1.29 is 24.0 Å². The maximum absolute atomic E-state index is 13.3. The number of anilines is 1. The number of hydrogen-bond acceptors (Lipinski definition) is 5. The largest absolute Gasteiger partial charge is 0.353 e. The number of amides is 4. The molecule has 1 saturated heterocycles. The quantitative estimate of drug-likeness (QED) is 0.384. The van der Waals surface area contributed by atoms with Gasteiger partial charge in [0, 0.05) is 28.9 Å². The van der Waals surface area contributed by atoms with Gasteiger partial charge in [-0.1, -0.05) is 11.6 Å². The summed E-state index contributed by atoms with van der Waals surface area (Å²) in [6.45, 7) is 1.86. The van der Waals surface area contributed by atoms with Crippen LogP contribution in [-0.4, -0.2) is 47.5 Å². The normalized spacial score (nSPS) is 26.5. The molecule has 35 heavy (non-hydrogen) atoms. The summed E-state index contributed by atoms with van der Waals surface area (Å²) in [6.07, 6.45) is 5.11. The zero-order valence-electron chi connectivity index (χ0n) is 19.5. The maximum Gasteiger partial charge on any atom is 0.289 e. The molecular formula is C25H29ClN4O5. The lowest BCUT2D eigenvalue weighted by molar-refractivity contribution is -0.139. The molecule has 0 bridgehead atoms. The summed E-state index contributed by atoms with van der Waals surface area (Å²) in [5.74, 6) is -3.10. The fourth-order valence-corrected chi connectivity index (χ4v) is 5.19. The topological polar surface area (TPSA) is 133 Å². The van der Waals surface area contributed by atoms with E-state index in [2.05, 4.69) is 21.3 Å². The first-order valence-corrected chi connectivity index (χ1v) is 12.6. The number of ketones is 1. The first-order chi connectivity index (χ1) is 16.6. The highest BCUT2D eigenvalue weighted by atomic mass is 35.5. The molecule has 1 spiro atoms. The third-order valence-corrected chi connectivity index (χ3v) is 7.79. The van der Waals surface area contributed by atoms with Crippen molar-refractivity contribution in [1.29, 1.82) is 0 Å². The van der Waals surface area contributed by atoms with E-state index >= 15 is 0 Å². The molecule has 3 aliphatic carbocycles. The Labute approximate surface area is 208 Å². The van der Waals surface area contributed by atoms with Crippen molar-refractivity contribution in [1.82, 2.24) is 16.0 Å². The lowest BCUT2D eigenvalue weighted by atomic mass is 9.93. The Balaban J connectivity index is 1.33. The molecule has 1 aromatic rings. The number of Topliss-reactive ketones (excluding diaryl/α,β-unsaturated/α-hetero) is 1. The van der Waals surface area contributed by atoms with Gasteiger partial charge in [0.1, 0.15) is 0 Å². The van der Waals surface area contributed by atoms with Crippen molar-refractivity contribution in [2.24, 2.45) is 17.3 Å². The Bertz CT molecular complexity index is 1110. The number of benzene rings is 1. The van der Waals surface area contributed by atoms with Gasteiger partial charge < -0.3 is 21.3 Å². The van der Waals surface area contributed by atoms with E-state index in [1.54, 1.807) is 12.1 Å². The van der Waals surface area contributed by atoms with E-state index in [0.29, 0.717) is 12.1 Å². The van der Waals surface area contributed by atoms with Crippen LogP contribution in [0.1, 0.15) is 62.2 Å². The van der Waals surface area contributed by atoms with Gasteiger partial charge in [-0.2, -0.15) is 0 Å². The molecular weight excluding hydrogens is 472 g/mol. The minimum atomic E-state index is -1.19. The number of nitrogens with one attached hydrogen (secondary N) is 4. The second kappa shape index (κ2) is 8.93. The summed E-state index contributed by atoms with van der Waals surface area (Å²) >= 11 is 6.14. The van der Waals surface area contributed by atoms with E-state index in [4.69, 9.17) is 11.6 Å². The smallest absolute Gasteiger partial charge is 0.289 e. The number of carbonyl (C=O) groups is 5. The lowest BCUT2D eigenvalue weighted by Crippen LogP contribution is -2.49. The van der Waals surface area contributed by atoms with E-state index < -0.39 is 29.6 Å². The van der Waals surface area contributed by atoms with E-state index in [1.165, 1.54) is 6.07 Å². The monoisotopic (exact) mass is 500 g/mol. The molecule has 1 aromatic carbocycles. The molecule has 9 nitrogen and oxygen atoms in total. The third kappa shape index (κ3) is 5.19. The van der Waals surface area contributed by atoms with Crippen LogP contribution >= 0.6 is 11.6 Å². The molecule has 10 heteroatoms. The highest BCUT2D eigenvalue weighted by Crippen LogP contribution is 2.70. The van der Waals surface area contributed by atoms with Gasteiger partial charge >= 0.3 is 0 Å². The minimum Gasteiger partial charge on any atom is -0.353 e. The molecule has 5 rings (SSSR count). The average Bonchev–Trinajstić information content (AvgIpc) is 3.73. The molecule has 1 heterocycles. The SMILES string of the molecule is C[C@@H]1C[C@@H](C[C@H](NC(=O)c2cc(Cl)ccc2NC(=O)C2CC23CC3)C(=O)C(=O)NC2CC2)C(=O)N1. The highest BCUT2D eigenvalue weighted by molar-refractivity contribution is 6.38. The van der Waals surface area contributed by atoms with E-state index in [1.807, 2.05) is 6.92 Å². The summed E-state index contributed by atoms with van der Waals surface area (Å²) in [5.41, 5.74) is 0.547. The van der Waals surface area contributed by atoms with Crippen LogP contribution in [0.4, 0.5) is 5.69 Å². The molecule has 1 aliphatic heterocycles. The van der Waals surface area contributed by atoms with E-state index in [-0.39, 0.29) is 52.2 Å². The van der Waals surface area contributed by atoms with Crippen LogP contribution in [-0.2, 0) is 19.2 Å². The van der Waals surface area contributed by atoms with Gasteiger partial charge in [0.05, 0.1) is 17.3 Å². The summed E-state index contributed by atoms with van der Waals surface area (Å²) in [6, 6.07) is 3.28. The van der Waals surface area contributed by atoms with Gasteiger partial charge in [0.2, 0.25) is 17.6 Å². The molecule has 1 unspecified atom stereocenters. The van der Waals surface area contributed by atoms with Gasteiger partial charge in [-0.3, -0.25) is 24.0 Å². The number of carbonyl (C=O) groups excluding carboxylic acids is 5. The van der Waals surface area contributed by atoms with Crippen LogP contribution in [0.2, 0.25) is 5.02 Å². The molecule has 0 aromatic heterocycles. The molecule has 4 amide bonds. The zero-order valence-corrected chi connectivity index (χ0v) is 20.2. The zero-order chi connectivity index (χ0) is 24.9. The van der Waals surface area contributed by atoms with Crippen molar-refractivity contribution in [2.45, 2.75) is 70.0 Å². The fraction of sp³-hybridized carbons (Fsp3) is 0.560. The predicted molar refractivity (Wildman–Crippen MR) is 128 cm³/mol. The van der Waals surface area contributed by atoms with Crippen LogP contribution in [0.25, 0.3) is 0 Å². The molecule has 4 N–H and O–H groups in total. The summed E-state index contributed by atoms with van der Waals surface area (Å²) in [7, 11) is 0. The van der Waals surface area contributed by atoms with Gasteiger partial charge in [0.15, 0.2) is 0 Å². The summed E-state index contributed by atoms with van der Waals surface area (Å²) in [4.78, 5) is 63.8. The Morgan fingerprint density at radius 3 is 2.54 bits per heavy atom. The van der Waals surface area contributed by atoms with Crippen molar-refractivity contribution in [2.75, 3.05) is 5.32 Å². The predicted octanol–water partition coefficient (Wildman–Crippen LogP) is 1.94. The van der Waals surface area contributed by atoms with Crippen molar-refractivity contribution in [3.63, 3.8) is 0 Å². The van der Waals surface area contributed by atoms with Crippen LogP contribution < -0.4 is 21.3 Å². The van der Waals surface area contributed by atoms with Crippen LogP contribution in [0.5, 0.6) is 0 Å².